The number of allylic oxidation sites excluding steroid dienone is 1. The van der Waals surface area contributed by atoms with Gasteiger partial charge in [0, 0.05) is 0 Å². The molecule has 142 valence electrons. The van der Waals surface area contributed by atoms with Gasteiger partial charge in [0.05, 0.1) is 16.9 Å². The Labute approximate surface area is 158 Å². The lowest BCUT2D eigenvalue weighted by Crippen LogP contribution is -2.28. The number of nitrogens with zero attached hydrogens (tertiary/aromatic N) is 1. The summed E-state index contributed by atoms with van der Waals surface area (Å²) >= 11 is 0. The highest BCUT2D eigenvalue weighted by atomic mass is 16.6. The summed E-state index contributed by atoms with van der Waals surface area (Å²) in [5.41, 5.74) is 5.85. The van der Waals surface area contributed by atoms with E-state index in [1.165, 1.54) is 0 Å². The third-order valence-electron chi connectivity index (χ3n) is 4.50. The zero-order valence-corrected chi connectivity index (χ0v) is 14.9. The van der Waals surface area contributed by atoms with Crippen molar-refractivity contribution in [1.29, 1.82) is 0 Å². The molecule has 0 saturated carbocycles. The molecule has 1 aliphatic heterocycles. The first-order valence-electron chi connectivity index (χ1n) is 8.61. The molecule has 4 rings (SSSR count). The number of hydrogen-bond donors (Lipinski definition) is 1. The molecule has 0 saturated heterocycles. The van der Waals surface area contributed by atoms with Gasteiger partial charge in [0.15, 0.2) is 5.76 Å². The highest BCUT2D eigenvalue weighted by Crippen LogP contribution is 2.42. The van der Waals surface area contributed by atoms with E-state index in [4.69, 9.17) is 19.6 Å². The standard InChI is InChI=1S/C20H16N2O6/c1-2-26-12-9-7-11(8-10-12)15-16(22(24)25)20(21)28-19-17(23)13-5-3-4-6-14(13)27-18(15)19/h3-10,15H,2,21H2,1H3. The van der Waals surface area contributed by atoms with Crippen molar-refractivity contribution in [2.75, 3.05) is 6.61 Å². The van der Waals surface area contributed by atoms with Gasteiger partial charge in [0.1, 0.15) is 17.3 Å². The van der Waals surface area contributed by atoms with Crippen LogP contribution in [0.3, 0.4) is 0 Å². The lowest BCUT2D eigenvalue weighted by Gasteiger charge is -2.23. The zero-order valence-electron chi connectivity index (χ0n) is 14.9. The lowest BCUT2D eigenvalue weighted by molar-refractivity contribution is -0.433. The molecule has 1 atom stereocenters. The molecule has 0 bridgehead atoms. The smallest absolute Gasteiger partial charge is 0.320 e. The predicted molar refractivity (Wildman–Crippen MR) is 101 cm³/mol. The molecule has 2 aromatic carbocycles. The van der Waals surface area contributed by atoms with Gasteiger partial charge >= 0.3 is 5.70 Å². The quantitative estimate of drug-likeness (QED) is 0.546. The van der Waals surface area contributed by atoms with Crippen LogP contribution in [0.4, 0.5) is 0 Å². The van der Waals surface area contributed by atoms with Gasteiger partial charge in [0.25, 0.3) is 5.88 Å². The van der Waals surface area contributed by atoms with Gasteiger partial charge in [0.2, 0.25) is 11.2 Å². The molecule has 1 aromatic heterocycles. The summed E-state index contributed by atoms with van der Waals surface area (Å²) in [6.07, 6.45) is 0. The number of nitrogens with two attached hydrogens (primary N) is 1. The first-order valence-corrected chi connectivity index (χ1v) is 8.61. The van der Waals surface area contributed by atoms with E-state index in [1.807, 2.05) is 6.92 Å². The van der Waals surface area contributed by atoms with Crippen molar-refractivity contribution in [3.63, 3.8) is 0 Å². The second kappa shape index (κ2) is 6.73. The van der Waals surface area contributed by atoms with Crippen molar-refractivity contribution >= 4 is 11.0 Å². The maximum absolute atomic E-state index is 12.9. The van der Waals surface area contributed by atoms with Crippen LogP contribution in [0.25, 0.3) is 11.0 Å². The fraction of sp³-hybridized carbons (Fsp3) is 0.150. The van der Waals surface area contributed by atoms with Crippen LogP contribution >= 0.6 is 0 Å². The molecule has 3 aromatic rings. The number of hydrogen-bond acceptors (Lipinski definition) is 7. The largest absolute Gasteiger partial charge is 0.494 e. The van der Waals surface area contributed by atoms with Gasteiger partial charge < -0.3 is 19.6 Å². The molecule has 2 heterocycles. The Morgan fingerprint density at radius 3 is 2.57 bits per heavy atom. The third-order valence-corrected chi connectivity index (χ3v) is 4.50. The highest BCUT2D eigenvalue weighted by Gasteiger charge is 2.42. The molecule has 8 heteroatoms. The van der Waals surface area contributed by atoms with Crippen LogP contribution < -0.4 is 20.6 Å². The van der Waals surface area contributed by atoms with Gasteiger partial charge in [-0.15, -0.1) is 0 Å². The van der Waals surface area contributed by atoms with Crippen LogP contribution in [-0.4, -0.2) is 11.5 Å². The summed E-state index contributed by atoms with van der Waals surface area (Å²) in [6, 6.07) is 13.4. The van der Waals surface area contributed by atoms with E-state index >= 15 is 0 Å². The molecule has 0 spiro atoms. The fourth-order valence-corrected chi connectivity index (χ4v) is 3.29. The normalized spacial score (nSPS) is 15.8. The monoisotopic (exact) mass is 380 g/mol. The van der Waals surface area contributed by atoms with Crippen molar-refractivity contribution in [2.24, 2.45) is 5.73 Å². The summed E-state index contributed by atoms with van der Waals surface area (Å²) in [4.78, 5) is 24.0. The van der Waals surface area contributed by atoms with Crippen LogP contribution in [0.2, 0.25) is 0 Å². The molecule has 1 aliphatic rings. The molecule has 1 unspecified atom stereocenters. The van der Waals surface area contributed by atoms with Crippen molar-refractivity contribution in [1.82, 2.24) is 0 Å². The average molecular weight is 380 g/mol. The van der Waals surface area contributed by atoms with E-state index in [-0.39, 0.29) is 17.2 Å². The van der Waals surface area contributed by atoms with E-state index in [0.29, 0.717) is 28.9 Å². The number of nitro groups is 1. The molecule has 0 amide bonds. The van der Waals surface area contributed by atoms with Crippen molar-refractivity contribution < 1.29 is 18.8 Å². The topological polar surface area (TPSA) is 118 Å². The Morgan fingerprint density at radius 1 is 1.18 bits per heavy atom. The van der Waals surface area contributed by atoms with Gasteiger partial charge in [-0.1, -0.05) is 24.3 Å². The highest BCUT2D eigenvalue weighted by molar-refractivity contribution is 5.78. The third kappa shape index (κ3) is 2.75. The summed E-state index contributed by atoms with van der Waals surface area (Å²) in [5.74, 6) is -0.891. The van der Waals surface area contributed by atoms with Crippen molar-refractivity contribution in [2.45, 2.75) is 12.8 Å². The van der Waals surface area contributed by atoms with E-state index in [2.05, 4.69) is 0 Å². The lowest BCUT2D eigenvalue weighted by atomic mass is 9.90. The maximum Gasteiger partial charge on any atom is 0.320 e. The second-order valence-electron chi connectivity index (χ2n) is 6.16. The zero-order chi connectivity index (χ0) is 19.8. The Hall–Kier alpha value is -3.81. The van der Waals surface area contributed by atoms with Crippen molar-refractivity contribution in [3.8, 4) is 11.5 Å². The Kier molecular flexibility index (Phi) is 4.23. The maximum atomic E-state index is 12.9. The fourth-order valence-electron chi connectivity index (χ4n) is 3.29. The number of benzene rings is 2. The van der Waals surface area contributed by atoms with E-state index in [9.17, 15) is 14.9 Å². The summed E-state index contributed by atoms with van der Waals surface area (Å²) in [7, 11) is 0. The minimum atomic E-state index is -0.994. The van der Waals surface area contributed by atoms with Gasteiger partial charge in [-0.3, -0.25) is 14.9 Å². The van der Waals surface area contributed by atoms with Crippen LogP contribution in [0.15, 0.2) is 69.3 Å². The summed E-state index contributed by atoms with van der Waals surface area (Å²) in [5, 5.41) is 12.0. The SMILES string of the molecule is CCOc1ccc(C2C([N+](=O)[O-])=C(N)Oc3c2oc2ccccc2c3=O)cc1. The Balaban J connectivity index is 1.97. The van der Waals surface area contributed by atoms with E-state index in [0.717, 1.165) is 0 Å². The molecule has 28 heavy (non-hydrogen) atoms. The summed E-state index contributed by atoms with van der Waals surface area (Å²) in [6.45, 7) is 2.35. The first-order chi connectivity index (χ1) is 13.5. The van der Waals surface area contributed by atoms with Crippen LogP contribution in [0, 0.1) is 10.1 Å². The number of para-hydroxylation sites is 1. The van der Waals surface area contributed by atoms with Crippen LogP contribution in [0.5, 0.6) is 11.5 Å². The number of rotatable bonds is 4. The van der Waals surface area contributed by atoms with Gasteiger partial charge in [-0.25, -0.2) is 0 Å². The number of ether oxygens (including phenoxy) is 2. The molecular formula is C20H16N2O6. The molecular weight excluding hydrogens is 364 g/mol. The second-order valence-corrected chi connectivity index (χ2v) is 6.16. The number of fused-ring (bicyclic) bond motifs is 2. The Morgan fingerprint density at radius 2 is 1.89 bits per heavy atom. The Bertz CT molecular complexity index is 1160. The predicted octanol–water partition coefficient (Wildman–Crippen LogP) is 3.12. The molecule has 0 fully saturated rings. The summed E-state index contributed by atoms with van der Waals surface area (Å²) < 4.78 is 16.7. The molecule has 0 aliphatic carbocycles. The molecule has 8 nitrogen and oxygen atoms in total. The van der Waals surface area contributed by atoms with Gasteiger partial charge in [-0.05, 0) is 36.8 Å². The van der Waals surface area contributed by atoms with E-state index < -0.39 is 22.2 Å². The minimum absolute atomic E-state index is 0.0498. The first kappa shape index (κ1) is 17.6. The van der Waals surface area contributed by atoms with Gasteiger partial charge in [-0.2, -0.15) is 0 Å². The van der Waals surface area contributed by atoms with Crippen LogP contribution in [-0.2, 0) is 0 Å². The average Bonchev–Trinajstić information content (AvgIpc) is 2.69. The van der Waals surface area contributed by atoms with E-state index in [1.54, 1.807) is 48.5 Å². The van der Waals surface area contributed by atoms with Crippen molar-refractivity contribution in [3.05, 3.63) is 91.8 Å². The molecule has 0 radical (unpaired) electrons. The molecule has 2 N–H and O–H groups in total. The minimum Gasteiger partial charge on any atom is -0.494 e. The van der Waals surface area contributed by atoms with Crippen LogP contribution in [0.1, 0.15) is 24.2 Å².